The van der Waals surface area contributed by atoms with Crippen molar-refractivity contribution in [2.75, 3.05) is 12.7 Å². The van der Waals surface area contributed by atoms with Crippen molar-refractivity contribution in [2.45, 2.75) is 32.1 Å². The van der Waals surface area contributed by atoms with Crippen molar-refractivity contribution in [3.8, 4) is 5.75 Å². The summed E-state index contributed by atoms with van der Waals surface area (Å²) in [5.74, 6) is -0.198. The molecule has 0 bridgehead atoms. The maximum atomic E-state index is 12.9. The Kier molecular flexibility index (Phi) is 7.77. The fourth-order valence-corrected chi connectivity index (χ4v) is 4.33. The number of ether oxygens (including phenoxy) is 1. The molecule has 5 nitrogen and oxygen atoms in total. The minimum atomic E-state index is -3.33. The zero-order chi connectivity index (χ0) is 16.8. The lowest BCUT2D eigenvalue weighted by Gasteiger charge is -2.22. The molecule has 2 atom stereocenters. The van der Waals surface area contributed by atoms with Crippen molar-refractivity contribution < 1.29 is 18.6 Å². The van der Waals surface area contributed by atoms with Gasteiger partial charge in [0.25, 0.3) is 0 Å². The fraction of sp³-hybridized carbons (Fsp3) is 0.500. The maximum absolute atomic E-state index is 12.9. The van der Waals surface area contributed by atoms with Crippen LogP contribution in [0.2, 0.25) is 5.02 Å². The van der Waals surface area contributed by atoms with Crippen molar-refractivity contribution in [1.82, 2.24) is 5.09 Å². The lowest BCUT2D eigenvalue weighted by Crippen LogP contribution is -2.28. The average Bonchev–Trinajstić information content (AvgIpc) is 2.38. The lowest BCUT2D eigenvalue weighted by atomic mass is 10.3. The van der Waals surface area contributed by atoms with E-state index in [0.717, 1.165) is 0 Å². The number of nitrogens with one attached hydrogen (secondary N) is 1. The molecule has 0 spiro atoms. The standard InChI is InChI=1S/C14H21ClNO4PS/c1-10(2)19-14(17)8-16-21(18,9-11(3)22)20-13-7-5-4-6-12(13)15/h4-7,10-11,22H,8-9H2,1-3H3,(H,16,18). The number of hydrogen-bond donors (Lipinski definition) is 2. The summed E-state index contributed by atoms with van der Waals surface area (Å²) in [6.45, 7) is 5.07. The highest BCUT2D eigenvalue weighted by Crippen LogP contribution is 2.46. The van der Waals surface area contributed by atoms with Crippen molar-refractivity contribution in [1.29, 1.82) is 0 Å². The SMILES string of the molecule is CC(S)CP(=O)(NCC(=O)OC(C)C)Oc1ccccc1Cl. The van der Waals surface area contributed by atoms with Gasteiger partial charge in [-0.3, -0.25) is 9.36 Å². The van der Waals surface area contributed by atoms with Crippen LogP contribution in [0, 0.1) is 0 Å². The molecule has 0 aliphatic rings. The molecule has 1 rings (SSSR count). The van der Waals surface area contributed by atoms with Crippen molar-refractivity contribution in [3.05, 3.63) is 29.3 Å². The van der Waals surface area contributed by atoms with E-state index in [9.17, 15) is 9.36 Å². The largest absolute Gasteiger partial charge is 0.462 e. The second-order valence-electron chi connectivity index (χ2n) is 5.10. The van der Waals surface area contributed by atoms with Gasteiger partial charge in [-0.2, -0.15) is 12.6 Å². The summed E-state index contributed by atoms with van der Waals surface area (Å²) in [6.07, 6.45) is -0.0852. The Morgan fingerprint density at radius 1 is 1.36 bits per heavy atom. The third kappa shape index (κ3) is 7.05. The van der Waals surface area contributed by atoms with Gasteiger partial charge < -0.3 is 9.26 Å². The molecule has 2 unspecified atom stereocenters. The highest BCUT2D eigenvalue weighted by Gasteiger charge is 2.28. The van der Waals surface area contributed by atoms with Crippen LogP contribution in [0.1, 0.15) is 20.8 Å². The average molecular weight is 366 g/mol. The van der Waals surface area contributed by atoms with Gasteiger partial charge in [0.05, 0.1) is 17.3 Å². The van der Waals surface area contributed by atoms with Gasteiger partial charge in [-0.25, -0.2) is 5.09 Å². The lowest BCUT2D eigenvalue weighted by molar-refractivity contribution is -0.145. The molecule has 124 valence electrons. The number of carbonyl (C=O) groups is 1. The van der Waals surface area contributed by atoms with Gasteiger partial charge in [0.15, 0.2) is 0 Å². The maximum Gasteiger partial charge on any atom is 0.320 e. The van der Waals surface area contributed by atoms with Crippen LogP contribution >= 0.6 is 31.7 Å². The molecule has 0 saturated heterocycles. The van der Waals surface area contributed by atoms with Crippen molar-refractivity contribution in [3.63, 3.8) is 0 Å². The second-order valence-corrected chi connectivity index (χ2v) is 8.60. The highest BCUT2D eigenvalue weighted by molar-refractivity contribution is 7.81. The molecule has 1 aromatic carbocycles. The highest BCUT2D eigenvalue weighted by atomic mass is 35.5. The number of thiol groups is 1. The van der Waals surface area contributed by atoms with Gasteiger partial charge in [-0.1, -0.05) is 30.7 Å². The molecule has 0 aromatic heterocycles. The van der Waals surface area contributed by atoms with Crippen LogP contribution in [0.15, 0.2) is 24.3 Å². The number of hydrogen-bond acceptors (Lipinski definition) is 5. The summed E-state index contributed by atoms with van der Waals surface area (Å²) >= 11 is 10.3. The van der Waals surface area contributed by atoms with Crippen molar-refractivity contribution >= 4 is 37.7 Å². The third-order valence-corrected chi connectivity index (χ3v) is 5.36. The van der Waals surface area contributed by atoms with E-state index in [1.807, 2.05) is 0 Å². The second kappa shape index (κ2) is 8.82. The summed E-state index contributed by atoms with van der Waals surface area (Å²) < 4.78 is 23.4. The monoisotopic (exact) mass is 365 g/mol. The molecule has 0 heterocycles. The molecule has 22 heavy (non-hydrogen) atoms. The van der Waals surface area contributed by atoms with Crippen LogP contribution in [-0.2, 0) is 14.1 Å². The summed E-state index contributed by atoms with van der Waals surface area (Å²) in [4.78, 5) is 11.6. The number of benzene rings is 1. The zero-order valence-electron chi connectivity index (χ0n) is 12.8. The van der Waals surface area contributed by atoms with Gasteiger partial charge in [0, 0.05) is 5.25 Å². The topological polar surface area (TPSA) is 64.6 Å². The molecular weight excluding hydrogens is 345 g/mol. The number of para-hydroxylation sites is 1. The third-order valence-electron chi connectivity index (χ3n) is 2.42. The van der Waals surface area contributed by atoms with Crippen LogP contribution < -0.4 is 9.61 Å². The van der Waals surface area contributed by atoms with Gasteiger partial charge in [0.2, 0.25) is 0 Å². The Morgan fingerprint density at radius 2 is 2.00 bits per heavy atom. The summed E-state index contributed by atoms with van der Waals surface area (Å²) in [6, 6.07) is 6.72. The fourth-order valence-electron chi connectivity index (χ4n) is 1.65. The number of rotatable bonds is 8. The number of halogens is 1. The van der Waals surface area contributed by atoms with E-state index in [-0.39, 0.29) is 24.1 Å². The molecule has 8 heteroatoms. The molecule has 1 N–H and O–H groups in total. The first kappa shape index (κ1) is 19.4. The van der Waals surface area contributed by atoms with E-state index in [4.69, 9.17) is 20.9 Å². The van der Waals surface area contributed by atoms with Crippen LogP contribution in [0.3, 0.4) is 0 Å². The normalized spacial score (nSPS) is 15.2. The zero-order valence-corrected chi connectivity index (χ0v) is 15.3. The molecule has 0 amide bonds. The smallest absolute Gasteiger partial charge is 0.320 e. The van der Waals surface area contributed by atoms with Gasteiger partial charge >= 0.3 is 13.5 Å². The Hall–Kier alpha value is -0.680. The van der Waals surface area contributed by atoms with E-state index >= 15 is 0 Å². The van der Waals surface area contributed by atoms with Crippen LogP contribution in [0.5, 0.6) is 5.75 Å². The minimum absolute atomic E-state index is 0.149. The predicted octanol–water partition coefficient (Wildman–Crippen LogP) is 3.77. The van der Waals surface area contributed by atoms with Crippen LogP contribution in [0.25, 0.3) is 0 Å². The summed E-state index contributed by atoms with van der Waals surface area (Å²) in [5.41, 5.74) is 0. The Bertz CT molecular complexity index is 553. The molecule has 0 saturated carbocycles. The Labute approximate surface area is 141 Å². The summed E-state index contributed by atoms with van der Waals surface area (Å²) in [5, 5.41) is 2.83. The number of carbonyl (C=O) groups excluding carboxylic acids is 1. The Morgan fingerprint density at radius 3 is 2.55 bits per heavy atom. The summed E-state index contributed by atoms with van der Waals surface area (Å²) in [7, 11) is -3.33. The predicted molar refractivity (Wildman–Crippen MR) is 92.2 cm³/mol. The van der Waals surface area contributed by atoms with E-state index in [2.05, 4.69) is 17.7 Å². The van der Waals surface area contributed by atoms with E-state index in [0.29, 0.717) is 10.8 Å². The van der Waals surface area contributed by atoms with Gasteiger partial charge in [-0.15, -0.1) is 0 Å². The molecule has 0 radical (unpaired) electrons. The minimum Gasteiger partial charge on any atom is -0.462 e. The quantitative estimate of drug-likeness (QED) is 0.417. The molecule has 0 aliphatic heterocycles. The Balaban J connectivity index is 2.79. The van der Waals surface area contributed by atoms with Crippen LogP contribution in [-0.4, -0.2) is 30.0 Å². The van der Waals surface area contributed by atoms with E-state index in [1.54, 1.807) is 45.0 Å². The molecular formula is C14H21ClNO4PS. The first-order valence-corrected chi connectivity index (χ1v) is 9.58. The van der Waals surface area contributed by atoms with Crippen molar-refractivity contribution in [2.24, 2.45) is 0 Å². The first-order valence-electron chi connectivity index (χ1n) is 6.87. The molecule has 0 fully saturated rings. The van der Waals surface area contributed by atoms with E-state index in [1.165, 1.54) is 0 Å². The molecule has 0 aliphatic carbocycles. The van der Waals surface area contributed by atoms with Crippen LogP contribution in [0.4, 0.5) is 0 Å². The number of esters is 1. The first-order chi connectivity index (χ1) is 10.2. The van der Waals surface area contributed by atoms with Gasteiger partial charge in [0.1, 0.15) is 12.3 Å². The van der Waals surface area contributed by atoms with E-state index < -0.39 is 13.5 Å². The van der Waals surface area contributed by atoms with Gasteiger partial charge in [-0.05, 0) is 26.0 Å². The molecule has 1 aromatic rings.